The zero-order valence-corrected chi connectivity index (χ0v) is 12.5. The molecule has 0 bridgehead atoms. The number of urea groups is 1. The lowest BCUT2D eigenvalue weighted by atomic mass is 9.97. The smallest absolute Gasteiger partial charge is 0.317 e. The molecule has 1 N–H and O–H groups in total. The minimum Gasteiger partial charge on any atom is -0.466 e. The Labute approximate surface area is 124 Å². The number of piperidine rings is 1. The Kier molecular flexibility index (Phi) is 5.19. The second-order valence-corrected chi connectivity index (χ2v) is 5.12. The third-order valence-electron chi connectivity index (χ3n) is 3.75. The molecule has 1 saturated heterocycles. The number of carbonyl (C=O) groups is 2. The van der Waals surface area contributed by atoms with E-state index in [1.54, 1.807) is 22.7 Å². The van der Waals surface area contributed by atoms with Gasteiger partial charge in [-0.1, -0.05) is 0 Å². The quantitative estimate of drug-likeness (QED) is 0.837. The largest absolute Gasteiger partial charge is 0.466 e. The predicted octanol–water partition coefficient (Wildman–Crippen LogP) is 0.905. The summed E-state index contributed by atoms with van der Waals surface area (Å²) in [5, 5.41) is 6.93. The van der Waals surface area contributed by atoms with Crippen LogP contribution in [0.5, 0.6) is 0 Å². The molecule has 0 atom stereocenters. The van der Waals surface area contributed by atoms with Crippen molar-refractivity contribution in [3.63, 3.8) is 0 Å². The van der Waals surface area contributed by atoms with Crippen LogP contribution in [0.1, 0.15) is 25.5 Å². The van der Waals surface area contributed by atoms with E-state index in [0.29, 0.717) is 39.1 Å². The van der Waals surface area contributed by atoms with E-state index >= 15 is 0 Å². The van der Waals surface area contributed by atoms with E-state index in [0.717, 1.165) is 5.69 Å². The van der Waals surface area contributed by atoms with Gasteiger partial charge in [-0.05, 0) is 25.8 Å². The molecule has 116 valence electrons. The van der Waals surface area contributed by atoms with E-state index < -0.39 is 0 Å². The van der Waals surface area contributed by atoms with Crippen LogP contribution in [0.4, 0.5) is 4.79 Å². The molecule has 0 unspecified atom stereocenters. The maximum absolute atomic E-state index is 12.1. The maximum Gasteiger partial charge on any atom is 0.317 e. The molecule has 0 aliphatic carbocycles. The first-order valence-corrected chi connectivity index (χ1v) is 7.28. The Bertz CT molecular complexity index is 492. The number of rotatable bonds is 4. The van der Waals surface area contributed by atoms with Crippen LogP contribution in [0.15, 0.2) is 12.3 Å². The van der Waals surface area contributed by atoms with Crippen molar-refractivity contribution in [1.29, 1.82) is 0 Å². The van der Waals surface area contributed by atoms with E-state index in [1.165, 1.54) is 0 Å². The lowest BCUT2D eigenvalue weighted by Gasteiger charge is -2.30. The van der Waals surface area contributed by atoms with Crippen molar-refractivity contribution in [2.24, 2.45) is 13.0 Å². The van der Waals surface area contributed by atoms with Crippen LogP contribution >= 0.6 is 0 Å². The zero-order valence-electron chi connectivity index (χ0n) is 12.5. The van der Waals surface area contributed by atoms with Crippen LogP contribution in [-0.4, -0.2) is 46.4 Å². The van der Waals surface area contributed by atoms with E-state index in [9.17, 15) is 9.59 Å². The Balaban J connectivity index is 1.75. The van der Waals surface area contributed by atoms with Crippen LogP contribution in [0.3, 0.4) is 0 Å². The van der Waals surface area contributed by atoms with Gasteiger partial charge in [-0.2, -0.15) is 5.10 Å². The SMILES string of the molecule is CCOC(=O)C1CCN(C(=O)NCc2ccnn2C)CC1. The zero-order chi connectivity index (χ0) is 15.2. The molecule has 1 aromatic heterocycles. The molecule has 0 aromatic carbocycles. The molecule has 2 heterocycles. The number of nitrogens with zero attached hydrogens (tertiary/aromatic N) is 3. The number of hydrogen-bond donors (Lipinski definition) is 1. The summed E-state index contributed by atoms with van der Waals surface area (Å²) >= 11 is 0. The second kappa shape index (κ2) is 7.10. The average Bonchev–Trinajstić information content (AvgIpc) is 2.90. The summed E-state index contributed by atoms with van der Waals surface area (Å²) in [4.78, 5) is 25.5. The summed E-state index contributed by atoms with van der Waals surface area (Å²) in [6.07, 6.45) is 3.03. The first-order chi connectivity index (χ1) is 10.1. The molecule has 1 fully saturated rings. The molecule has 0 radical (unpaired) electrons. The highest BCUT2D eigenvalue weighted by Crippen LogP contribution is 2.18. The van der Waals surface area contributed by atoms with E-state index in [4.69, 9.17) is 4.74 Å². The van der Waals surface area contributed by atoms with Crippen LogP contribution in [0, 0.1) is 5.92 Å². The van der Waals surface area contributed by atoms with Crippen molar-refractivity contribution in [3.05, 3.63) is 18.0 Å². The average molecular weight is 294 g/mol. The van der Waals surface area contributed by atoms with Crippen molar-refractivity contribution in [2.75, 3.05) is 19.7 Å². The Morgan fingerprint density at radius 2 is 2.14 bits per heavy atom. The van der Waals surface area contributed by atoms with Crippen molar-refractivity contribution >= 4 is 12.0 Å². The maximum atomic E-state index is 12.1. The summed E-state index contributed by atoms with van der Waals surface area (Å²) in [5.74, 6) is -0.224. The van der Waals surface area contributed by atoms with Gasteiger partial charge < -0.3 is 15.0 Å². The number of aryl methyl sites for hydroxylation is 1. The van der Waals surface area contributed by atoms with Crippen molar-refractivity contribution in [2.45, 2.75) is 26.3 Å². The molecule has 7 heteroatoms. The lowest BCUT2D eigenvalue weighted by Crippen LogP contribution is -2.45. The van der Waals surface area contributed by atoms with Crippen LogP contribution in [-0.2, 0) is 23.1 Å². The van der Waals surface area contributed by atoms with Gasteiger partial charge in [-0.15, -0.1) is 0 Å². The molecular weight excluding hydrogens is 272 g/mol. The lowest BCUT2D eigenvalue weighted by molar-refractivity contribution is -0.149. The summed E-state index contributed by atoms with van der Waals surface area (Å²) in [5.41, 5.74) is 0.949. The van der Waals surface area contributed by atoms with Gasteiger partial charge in [-0.25, -0.2) is 4.79 Å². The van der Waals surface area contributed by atoms with Crippen LogP contribution in [0.2, 0.25) is 0 Å². The fraction of sp³-hybridized carbons (Fsp3) is 0.643. The monoisotopic (exact) mass is 294 g/mol. The van der Waals surface area contributed by atoms with Gasteiger partial charge in [0, 0.05) is 26.3 Å². The third kappa shape index (κ3) is 3.96. The molecule has 1 aliphatic rings. The Morgan fingerprint density at radius 3 is 2.71 bits per heavy atom. The summed E-state index contributed by atoms with van der Waals surface area (Å²) in [7, 11) is 1.84. The minimum atomic E-state index is -0.146. The highest BCUT2D eigenvalue weighted by atomic mass is 16.5. The molecule has 2 rings (SSSR count). The number of aromatic nitrogens is 2. The van der Waals surface area contributed by atoms with Gasteiger partial charge >= 0.3 is 12.0 Å². The first-order valence-electron chi connectivity index (χ1n) is 7.28. The summed E-state index contributed by atoms with van der Waals surface area (Å²) in [6.45, 7) is 3.83. The number of carbonyl (C=O) groups excluding carboxylic acids is 2. The molecule has 0 saturated carbocycles. The highest BCUT2D eigenvalue weighted by Gasteiger charge is 2.28. The summed E-state index contributed by atoms with van der Waals surface area (Å²) < 4.78 is 6.75. The topological polar surface area (TPSA) is 76.5 Å². The number of likely N-dealkylation sites (tertiary alicyclic amines) is 1. The number of amides is 2. The molecule has 2 amide bonds. The predicted molar refractivity (Wildman–Crippen MR) is 76.4 cm³/mol. The van der Waals surface area contributed by atoms with Crippen molar-refractivity contribution < 1.29 is 14.3 Å². The molecule has 1 aliphatic heterocycles. The molecule has 7 nitrogen and oxygen atoms in total. The standard InChI is InChI=1S/C14H22N4O3/c1-3-21-13(19)11-5-8-18(9-6-11)14(20)15-10-12-4-7-16-17(12)2/h4,7,11H,3,5-6,8-10H2,1-2H3,(H,15,20). The molecule has 0 spiro atoms. The van der Waals surface area contributed by atoms with Gasteiger partial charge in [0.15, 0.2) is 0 Å². The van der Waals surface area contributed by atoms with Crippen LogP contribution in [0.25, 0.3) is 0 Å². The van der Waals surface area contributed by atoms with Gasteiger partial charge in [0.05, 0.1) is 24.8 Å². The fourth-order valence-electron chi connectivity index (χ4n) is 2.43. The number of hydrogen-bond acceptors (Lipinski definition) is 4. The van der Waals surface area contributed by atoms with Crippen LogP contribution < -0.4 is 5.32 Å². The van der Waals surface area contributed by atoms with Gasteiger partial charge in [-0.3, -0.25) is 9.48 Å². The highest BCUT2D eigenvalue weighted by molar-refractivity contribution is 5.76. The third-order valence-corrected chi connectivity index (χ3v) is 3.75. The molecular formula is C14H22N4O3. The van der Waals surface area contributed by atoms with Gasteiger partial charge in [0.25, 0.3) is 0 Å². The molecule has 1 aromatic rings. The van der Waals surface area contributed by atoms with E-state index in [2.05, 4.69) is 10.4 Å². The van der Waals surface area contributed by atoms with E-state index in [1.807, 2.05) is 13.1 Å². The first kappa shape index (κ1) is 15.3. The van der Waals surface area contributed by atoms with E-state index in [-0.39, 0.29) is 17.9 Å². The Hall–Kier alpha value is -2.05. The fourth-order valence-corrected chi connectivity index (χ4v) is 2.43. The van der Waals surface area contributed by atoms with Crippen molar-refractivity contribution in [3.8, 4) is 0 Å². The molecule has 21 heavy (non-hydrogen) atoms. The van der Waals surface area contributed by atoms with Gasteiger partial charge in [0.2, 0.25) is 0 Å². The summed E-state index contributed by atoms with van der Waals surface area (Å²) in [6, 6.07) is 1.77. The number of nitrogens with one attached hydrogen (secondary N) is 1. The normalized spacial score (nSPS) is 15.8. The Morgan fingerprint density at radius 1 is 1.43 bits per heavy atom. The minimum absolute atomic E-state index is 0.0777. The second-order valence-electron chi connectivity index (χ2n) is 5.12. The van der Waals surface area contributed by atoms with Crippen molar-refractivity contribution in [1.82, 2.24) is 20.0 Å². The van der Waals surface area contributed by atoms with Gasteiger partial charge in [0.1, 0.15) is 0 Å². The number of ether oxygens (including phenoxy) is 1. The number of esters is 1.